The van der Waals surface area contributed by atoms with Gasteiger partial charge in [0.1, 0.15) is 8.07 Å². The van der Waals surface area contributed by atoms with Gasteiger partial charge in [0.2, 0.25) is 0 Å². The molecule has 0 saturated heterocycles. The fourth-order valence-corrected chi connectivity index (χ4v) is 1.47. The van der Waals surface area contributed by atoms with Crippen molar-refractivity contribution in [3.63, 3.8) is 0 Å². The molecule has 0 aliphatic carbocycles. The number of hydrogen-bond acceptors (Lipinski definition) is 1. The minimum atomic E-state index is -1.14. The smallest absolute Gasteiger partial charge is 0.129 e. The third-order valence-electron chi connectivity index (χ3n) is 1.66. The monoisotopic (exact) mass is 183 g/mol. The van der Waals surface area contributed by atoms with E-state index >= 15 is 0 Å². The average molecular weight is 183 g/mol. The quantitative estimate of drug-likeness (QED) is 0.479. The first-order chi connectivity index (χ1) is 5.49. The van der Waals surface area contributed by atoms with Gasteiger partial charge in [-0.15, -0.1) is 5.54 Å². The molecule has 0 aromatic rings. The molecule has 70 valence electrons. The van der Waals surface area contributed by atoms with E-state index in [1.165, 1.54) is 0 Å². The van der Waals surface area contributed by atoms with Crippen LogP contribution in [-0.2, 0) is 0 Å². The van der Waals surface area contributed by atoms with E-state index < -0.39 is 8.07 Å². The second-order valence-corrected chi connectivity index (χ2v) is 8.76. The zero-order valence-corrected chi connectivity index (χ0v) is 10.1. The summed E-state index contributed by atoms with van der Waals surface area (Å²) < 4.78 is 0. The second-order valence-electron chi connectivity index (χ2n) is 4.01. The van der Waals surface area contributed by atoms with Gasteiger partial charge in [-0.2, -0.15) is 0 Å². The van der Waals surface area contributed by atoms with E-state index in [2.05, 4.69) is 49.9 Å². The summed E-state index contributed by atoms with van der Waals surface area (Å²) in [7, 11) is -1.14. The van der Waals surface area contributed by atoms with E-state index in [1.807, 2.05) is 0 Å². The van der Waals surface area contributed by atoms with Crippen molar-refractivity contribution in [1.29, 1.82) is 0 Å². The standard InChI is InChI=1S/C10H21NSi/c1-6-11(7-2)9-8-10-12(3,4)5/h6-7,9H2,1-5H3. The molecule has 2 heteroatoms. The molecule has 0 heterocycles. The largest absolute Gasteiger partial charge is 0.293 e. The summed E-state index contributed by atoms with van der Waals surface area (Å²) in [6, 6.07) is 0. The average Bonchev–Trinajstić information content (AvgIpc) is 1.96. The molecule has 0 aliphatic rings. The Balaban J connectivity index is 3.84. The molecule has 0 rings (SSSR count). The van der Waals surface area contributed by atoms with Crippen LogP contribution in [-0.4, -0.2) is 32.6 Å². The third-order valence-corrected chi connectivity index (χ3v) is 2.59. The van der Waals surface area contributed by atoms with Gasteiger partial charge in [-0.25, -0.2) is 0 Å². The van der Waals surface area contributed by atoms with Crippen LogP contribution >= 0.6 is 0 Å². The van der Waals surface area contributed by atoms with Gasteiger partial charge in [-0.3, -0.25) is 4.90 Å². The molecule has 0 spiro atoms. The lowest BCUT2D eigenvalue weighted by Gasteiger charge is -2.14. The highest BCUT2D eigenvalue weighted by Crippen LogP contribution is 1.96. The lowest BCUT2D eigenvalue weighted by Crippen LogP contribution is -2.24. The molecule has 12 heavy (non-hydrogen) atoms. The summed E-state index contributed by atoms with van der Waals surface area (Å²) in [4.78, 5) is 2.34. The topological polar surface area (TPSA) is 3.24 Å². The molecule has 0 aromatic heterocycles. The van der Waals surface area contributed by atoms with Crippen LogP contribution in [0.4, 0.5) is 0 Å². The van der Waals surface area contributed by atoms with Gasteiger partial charge in [0.05, 0.1) is 6.54 Å². The van der Waals surface area contributed by atoms with E-state index in [1.54, 1.807) is 0 Å². The van der Waals surface area contributed by atoms with E-state index in [4.69, 9.17) is 0 Å². The van der Waals surface area contributed by atoms with Gasteiger partial charge >= 0.3 is 0 Å². The molecule has 0 amide bonds. The Labute approximate surface area is 78.2 Å². The molecule has 0 atom stereocenters. The number of hydrogen-bond donors (Lipinski definition) is 0. The lowest BCUT2D eigenvalue weighted by atomic mass is 10.5. The maximum Gasteiger partial charge on any atom is 0.129 e. The Hall–Kier alpha value is -0.263. The van der Waals surface area contributed by atoms with Crippen LogP contribution in [0.1, 0.15) is 13.8 Å². The molecule has 0 saturated carbocycles. The minimum Gasteiger partial charge on any atom is -0.293 e. The fourth-order valence-electron chi connectivity index (χ4n) is 0.864. The van der Waals surface area contributed by atoms with E-state index in [0.29, 0.717) is 0 Å². The summed E-state index contributed by atoms with van der Waals surface area (Å²) in [6.07, 6.45) is 0. The Morgan fingerprint density at radius 1 is 1.08 bits per heavy atom. The van der Waals surface area contributed by atoms with E-state index in [0.717, 1.165) is 19.6 Å². The SMILES string of the molecule is CCN(CC)CC#C[Si](C)(C)C. The van der Waals surface area contributed by atoms with Crippen molar-refractivity contribution in [1.82, 2.24) is 4.90 Å². The Bertz CT molecular complexity index is 167. The minimum absolute atomic E-state index is 0.942. The number of rotatable bonds is 3. The van der Waals surface area contributed by atoms with Crippen molar-refractivity contribution in [2.24, 2.45) is 0 Å². The predicted octanol–water partition coefficient (Wildman–Crippen LogP) is 2.21. The molecule has 1 nitrogen and oxygen atoms in total. The first-order valence-electron chi connectivity index (χ1n) is 4.72. The van der Waals surface area contributed by atoms with Crippen LogP contribution in [0.15, 0.2) is 0 Å². The van der Waals surface area contributed by atoms with Crippen molar-refractivity contribution in [3.8, 4) is 11.5 Å². The Kier molecular flexibility index (Phi) is 5.28. The lowest BCUT2D eigenvalue weighted by molar-refractivity contribution is 0.342. The normalized spacial score (nSPS) is 11.2. The van der Waals surface area contributed by atoms with Crippen LogP contribution in [0.2, 0.25) is 19.6 Å². The maximum atomic E-state index is 3.37. The first-order valence-corrected chi connectivity index (χ1v) is 8.22. The molecule has 0 aromatic carbocycles. The van der Waals surface area contributed by atoms with Crippen molar-refractivity contribution < 1.29 is 0 Å². The van der Waals surface area contributed by atoms with Gasteiger partial charge in [-0.05, 0) is 13.1 Å². The van der Waals surface area contributed by atoms with Crippen LogP contribution < -0.4 is 0 Å². The second kappa shape index (κ2) is 5.39. The van der Waals surface area contributed by atoms with Crippen LogP contribution in [0, 0.1) is 11.5 Å². The molecule has 0 aliphatic heterocycles. The highest BCUT2D eigenvalue weighted by atomic mass is 28.3. The summed E-state index contributed by atoms with van der Waals surface area (Å²) in [5.41, 5.74) is 3.37. The molecule has 0 bridgehead atoms. The molecular formula is C10H21NSi. The van der Waals surface area contributed by atoms with Gasteiger partial charge in [-0.1, -0.05) is 39.4 Å². The van der Waals surface area contributed by atoms with Gasteiger partial charge < -0.3 is 0 Å². The zero-order valence-electron chi connectivity index (χ0n) is 9.07. The summed E-state index contributed by atoms with van der Waals surface area (Å²) in [5.74, 6) is 3.26. The van der Waals surface area contributed by atoms with Crippen molar-refractivity contribution in [2.75, 3.05) is 19.6 Å². The molecule has 0 fully saturated rings. The predicted molar refractivity (Wildman–Crippen MR) is 58.9 cm³/mol. The summed E-state index contributed by atoms with van der Waals surface area (Å²) in [5, 5.41) is 0. The highest BCUT2D eigenvalue weighted by molar-refractivity contribution is 6.83. The van der Waals surface area contributed by atoms with Crippen LogP contribution in [0.25, 0.3) is 0 Å². The van der Waals surface area contributed by atoms with E-state index in [-0.39, 0.29) is 0 Å². The summed E-state index contributed by atoms with van der Waals surface area (Å²) >= 11 is 0. The highest BCUT2D eigenvalue weighted by Gasteiger charge is 2.07. The molecule has 0 unspecified atom stereocenters. The van der Waals surface area contributed by atoms with Gasteiger partial charge in [0.15, 0.2) is 0 Å². The van der Waals surface area contributed by atoms with Gasteiger partial charge in [0, 0.05) is 0 Å². The van der Waals surface area contributed by atoms with Gasteiger partial charge in [0.25, 0.3) is 0 Å². The number of nitrogens with zero attached hydrogens (tertiary/aromatic N) is 1. The fraction of sp³-hybridized carbons (Fsp3) is 0.800. The zero-order chi connectivity index (χ0) is 9.61. The van der Waals surface area contributed by atoms with Crippen LogP contribution in [0.3, 0.4) is 0 Å². The molecule has 0 N–H and O–H groups in total. The van der Waals surface area contributed by atoms with E-state index in [9.17, 15) is 0 Å². The van der Waals surface area contributed by atoms with Crippen molar-refractivity contribution >= 4 is 8.07 Å². The van der Waals surface area contributed by atoms with Crippen molar-refractivity contribution in [2.45, 2.75) is 33.5 Å². The third kappa shape index (κ3) is 6.45. The van der Waals surface area contributed by atoms with Crippen LogP contribution in [0.5, 0.6) is 0 Å². The Morgan fingerprint density at radius 2 is 1.58 bits per heavy atom. The summed E-state index contributed by atoms with van der Waals surface area (Å²) in [6.45, 7) is 14.4. The maximum absolute atomic E-state index is 3.37. The Morgan fingerprint density at radius 3 is 1.92 bits per heavy atom. The molecular weight excluding hydrogens is 162 g/mol. The van der Waals surface area contributed by atoms with Crippen molar-refractivity contribution in [3.05, 3.63) is 0 Å². The molecule has 0 radical (unpaired) electrons. The first kappa shape index (κ1) is 11.7.